The van der Waals surface area contributed by atoms with Gasteiger partial charge in [-0.25, -0.2) is 18.9 Å². The lowest BCUT2D eigenvalue weighted by Gasteiger charge is -2.23. The Bertz CT molecular complexity index is 785. The molecule has 0 saturated heterocycles. The van der Waals surface area contributed by atoms with Crippen LogP contribution >= 0.6 is 0 Å². The molecule has 0 spiro atoms. The number of nitrogens with one attached hydrogen (secondary N) is 1. The van der Waals surface area contributed by atoms with Crippen LogP contribution in [0.5, 0.6) is 0 Å². The molecule has 23 heavy (non-hydrogen) atoms. The van der Waals surface area contributed by atoms with Crippen LogP contribution in [0.2, 0.25) is 0 Å². The van der Waals surface area contributed by atoms with Gasteiger partial charge in [0.15, 0.2) is 9.84 Å². The Morgan fingerprint density at radius 2 is 1.87 bits per heavy atom. The molecule has 0 radical (unpaired) electrons. The van der Waals surface area contributed by atoms with Gasteiger partial charge < -0.3 is 0 Å². The van der Waals surface area contributed by atoms with Crippen LogP contribution in [0.4, 0.5) is 0 Å². The fraction of sp³-hybridized carbons (Fsp3) is 0.357. The minimum atomic E-state index is -3.32. The number of hydrazone groups is 1. The van der Waals surface area contributed by atoms with Crippen molar-refractivity contribution in [1.29, 1.82) is 0 Å². The molecule has 1 heterocycles. The molecule has 0 fully saturated rings. The maximum absolute atomic E-state index is 12.3. The van der Waals surface area contributed by atoms with E-state index in [2.05, 4.69) is 10.6 Å². The molecule has 2 amide bonds. The highest BCUT2D eigenvalue weighted by molar-refractivity contribution is 7.90. The summed E-state index contributed by atoms with van der Waals surface area (Å²) in [7, 11) is -1.85. The molecule has 0 bridgehead atoms. The number of amides is 2. The van der Waals surface area contributed by atoms with Gasteiger partial charge in [0.2, 0.25) is 11.5 Å². The van der Waals surface area contributed by atoms with Gasteiger partial charge in [0.25, 0.3) is 5.91 Å². The number of nitrogens with zero attached hydrogens (tertiary/aromatic N) is 2. The first-order chi connectivity index (χ1) is 10.6. The van der Waals surface area contributed by atoms with Crippen LogP contribution in [0.25, 0.3) is 0 Å². The number of carbonyl (C=O) groups excluding carboxylic acids is 2. The monoisotopic (exact) mass is 339 g/mol. The summed E-state index contributed by atoms with van der Waals surface area (Å²) < 4.78 is 23.0. The molecule has 2 rings (SSSR count). The van der Waals surface area contributed by atoms with E-state index in [4.69, 9.17) is 4.84 Å². The highest BCUT2D eigenvalue weighted by atomic mass is 32.2. The quantitative estimate of drug-likeness (QED) is 0.783. The van der Waals surface area contributed by atoms with Crippen LogP contribution in [-0.2, 0) is 24.3 Å². The highest BCUT2D eigenvalue weighted by Crippen LogP contribution is 2.27. The third-order valence-corrected chi connectivity index (χ3v) is 4.49. The lowest BCUT2D eigenvalue weighted by molar-refractivity contribution is -0.156. The summed E-state index contributed by atoms with van der Waals surface area (Å²) in [5, 5.41) is 5.25. The molecule has 0 saturated carbocycles. The Morgan fingerprint density at radius 1 is 1.30 bits per heavy atom. The molecule has 8 nitrogen and oxygen atoms in total. The minimum absolute atomic E-state index is 0.156. The van der Waals surface area contributed by atoms with Crippen LogP contribution in [0.3, 0.4) is 0 Å². The molecule has 1 aromatic rings. The number of carbonyl (C=O) groups is 2. The Labute approximate surface area is 134 Å². The second kappa shape index (κ2) is 5.74. The average Bonchev–Trinajstić information content (AvgIpc) is 2.69. The van der Waals surface area contributed by atoms with Crippen molar-refractivity contribution in [3.63, 3.8) is 0 Å². The molecule has 1 unspecified atom stereocenters. The van der Waals surface area contributed by atoms with Gasteiger partial charge in [-0.05, 0) is 19.1 Å². The number of benzene rings is 1. The van der Waals surface area contributed by atoms with Crippen molar-refractivity contribution in [1.82, 2.24) is 10.5 Å². The highest BCUT2D eigenvalue weighted by Gasteiger charge is 2.49. The van der Waals surface area contributed by atoms with Crippen LogP contribution in [-0.4, -0.2) is 49.9 Å². The fourth-order valence-electron chi connectivity index (χ4n) is 2.16. The molecule has 1 atom stereocenters. The first kappa shape index (κ1) is 17.1. The van der Waals surface area contributed by atoms with E-state index in [-0.39, 0.29) is 10.6 Å². The van der Waals surface area contributed by atoms with E-state index in [9.17, 15) is 18.0 Å². The van der Waals surface area contributed by atoms with Crippen LogP contribution < -0.4 is 5.48 Å². The van der Waals surface area contributed by atoms with E-state index in [0.29, 0.717) is 5.56 Å². The number of hydrogen-bond donors (Lipinski definition) is 1. The third-order valence-electron chi connectivity index (χ3n) is 3.36. The molecule has 0 aromatic heterocycles. The van der Waals surface area contributed by atoms with Crippen molar-refractivity contribution >= 4 is 27.4 Å². The maximum atomic E-state index is 12.3. The molecule has 1 aliphatic rings. The normalized spacial score (nSPS) is 21.3. The van der Waals surface area contributed by atoms with Gasteiger partial charge in [-0.15, -0.1) is 0 Å². The fourth-order valence-corrected chi connectivity index (χ4v) is 2.79. The first-order valence-corrected chi connectivity index (χ1v) is 8.57. The van der Waals surface area contributed by atoms with E-state index < -0.39 is 27.3 Å². The Hall–Kier alpha value is -2.26. The van der Waals surface area contributed by atoms with Crippen molar-refractivity contribution in [2.45, 2.75) is 24.3 Å². The smallest absolute Gasteiger partial charge is 0.273 e. The maximum Gasteiger partial charge on any atom is 0.283 e. The van der Waals surface area contributed by atoms with E-state index in [0.717, 1.165) is 11.3 Å². The predicted octanol–water partition coefficient (Wildman–Crippen LogP) is 0.0926. The van der Waals surface area contributed by atoms with Crippen LogP contribution in [0, 0.1) is 0 Å². The van der Waals surface area contributed by atoms with Crippen molar-refractivity contribution in [3.8, 4) is 0 Å². The minimum Gasteiger partial charge on any atom is -0.273 e. The number of sulfone groups is 1. The first-order valence-electron chi connectivity index (χ1n) is 6.68. The van der Waals surface area contributed by atoms with Gasteiger partial charge in [0.05, 0.1) is 4.90 Å². The lowest BCUT2D eigenvalue weighted by atomic mass is 9.94. The number of hydroxylamine groups is 1. The van der Waals surface area contributed by atoms with Crippen molar-refractivity contribution in [2.24, 2.45) is 5.10 Å². The van der Waals surface area contributed by atoms with Crippen LogP contribution in [0.1, 0.15) is 19.4 Å². The van der Waals surface area contributed by atoms with Gasteiger partial charge in [0.1, 0.15) is 5.71 Å². The topological polar surface area (TPSA) is 105 Å². The van der Waals surface area contributed by atoms with Crippen molar-refractivity contribution in [3.05, 3.63) is 29.8 Å². The van der Waals surface area contributed by atoms with Crippen LogP contribution in [0.15, 0.2) is 34.3 Å². The van der Waals surface area contributed by atoms with E-state index >= 15 is 0 Å². The summed E-state index contributed by atoms with van der Waals surface area (Å²) in [6.45, 7) is 2.74. The van der Waals surface area contributed by atoms with Gasteiger partial charge in [-0.3, -0.25) is 14.4 Å². The zero-order chi connectivity index (χ0) is 17.4. The van der Waals surface area contributed by atoms with Gasteiger partial charge in [0, 0.05) is 25.8 Å². The summed E-state index contributed by atoms with van der Waals surface area (Å²) in [5.74, 6) is -0.909. The van der Waals surface area contributed by atoms with Crippen molar-refractivity contribution in [2.75, 3.05) is 13.3 Å². The molecule has 1 N–H and O–H groups in total. The van der Waals surface area contributed by atoms with E-state index in [1.807, 2.05) is 0 Å². The third kappa shape index (κ3) is 3.25. The largest absolute Gasteiger partial charge is 0.283 e. The molecular formula is C14H17N3O5S. The second-order valence-corrected chi connectivity index (χ2v) is 7.38. The standard InChI is InChI=1S/C14H17N3O5S/c1-9(18)16-22-14(2)12(15-17(3)13(14)19)10-5-7-11(8-6-10)23(4,20)21/h5-8H,1-4H3,(H,16,18). The molecular weight excluding hydrogens is 322 g/mol. The number of hydrogen-bond acceptors (Lipinski definition) is 6. The van der Waals surface area contributed by atoms with E-state index in [1.165, 1.54) is 45.2 Å². The molecule has 124 valence electrons. The molecule has 9 heteroatoms. The number of likely N-dealkylation sites (N-methyl/N-ethyl adjacent to an activating group) is 1. The Kier molecular flexibility index (Phi) is 4.27. The second-order valence-electron chi connectivity index (χ2n) is 5.37. The van der Waals surface area contributed by atoms with Gasteiger partial charge in [-0.2, -0.15) is 5.10 Å². The molecule has 0 aliphatic carbocycles. The predicted molar refractivity (Wildman–Crippen MR) is 82.2 cm³/mol. The summed E-state index contributed by atoms with van der Waals surface area (Å²) in [6, 6.07) is 5.93. The molecule has 1 aliphatic heterocycles. The zero-order valence-electron chi connectivity index (χ0n) is 13.2. The van der Waals surface area contributed by atoms with Gasteiger partial charge in [-0.1, -0.05) is 12.1 Å². The Balaban J connectivity index is 2.41. The zero-order valence-corrected chi connectivity index (χ0v) is 14.0. The summed E-state index contributed by atoms with van der Waals surface area (Å²) >= 11 is 0. The van der Waals surface area contributed by atoms with E-state index in [1.54, 1.807) is 0 Å². The molecule has 1 aromatic carbocycles. The summed E-state index contributed by atoms with van der Waals surface area (Å²) in [6.07, 6.45) is 1.11. The average molecular weight is 339 g/mol. The Morgan fingerprint density at radius 3 is 2.35 bits per heavy atom. The van der Waals surface area contributed by atoms with Crippen molar-refractivity contribution < 1.29 is 22.8 Å². The summed E-state index contributed by atoms with van der Waals surface area (Å²) in [5.41, 5.74) is 1.45. The SMILES string of the molecule is CC(=O)NOC1(C)C(=O)N(C)N=C1c1ccc(S(C)(=O)=O)cc1. The van der Waals surface area contributed by atoms with Gasteiger partial charge >= 0.3 is 0 Å². The number of rotatable bonds is 4. The lowest BCUT2D eigenvalue weighted by Crippen LogP contribution is -2.49. The summed E-state index contributed by atoms with van der Waals surface area (Å²) in [4.78, 5) is 28.8.